The minimum Gasteiger partial charge on any atom is -0.550 e. The van der Waals surface area contributed by atoms with Gasteiger partial charge in [-0.3, -0.25) is 0 Å². The van der Waals surface area contributed by atoms with E-state index in [0.29, 0.717) is 19.0 Å². The molecule has 0 saturated carbocycles. The Hall–Kier alpha value is 0.130. The zero-order valence-corrected chi connectivity index (χ0v) is 15.8. The first kappa shape index (κ1) is 23.4. The Labute approximate surface area is 134 Å². The van der Waals surface area contributed by atoms with Crippen LogP contribution in [-0.2, 0) is 19.0 Å². The van der Waals surface area contributed by atoms with Crippen LogP contribution < -0.4 is 5.11 Å². The number of hydrogen-bond donors (Lipinski definition) is 0. The highest BCUT2D eigenvalue weighted by molar-refractivity contribution is 7.98. The molecule has 0 aliphatic rings. The number of carbonyl (C=O) groups is 1. The minimum atomic E-state index is -0.964. The Bertz CT molecular complexity index is 239. The van der Waals surface area contributed by atoms with E-state index in [0.717, 1.165) is 13.2 Å². The molecule has 0 radical (unpaired) electrons. The van der Waals surface area contributed by atoms with E-state index in [9.17, 15) is 9.90 Å². The fourth-order valence-electron chi connectivity index (χ4n) is 1.19. The molecule has 0 aromatic heterocycles. The van der Waals surface area contributed by atoms with Crippen molar-refractivity contribution in [2.75, 3.05) is 78.3 Å². The molecule has 0 amide bonds. The molecule has 0 heterocycles. The van der Waals surface area contributed by atoms with Crippen LogP contribution in [0.15, 0.2) is 0 Å². The number of thioether (sulfide) groups is 1. The third kappa shape index (κ3) is 22.5. The van der Waals surface area contributed by atoms with Crippen molar-refractivity contribution < 1.29 is 24.1 Å². The number of methoxy groups -OCH3 is 2. The van der Waals surface area contributed by atoms with Crippen molar-refractivity contribution in [1.82, 2.24) is 0 Å². The summed E-state index contributed by atoms with van der Waals surface area (Å²) in [6.45, 7) is 7.84. The van der Waals surface area contributed by atoms with E-state index in [1.807, 2.05) is 6.26 Å². The highest BCUT2D eigenvalue weighted by Crippen LogP contribution is 2.50. The van der Waals surface area contributed by atoms with Crippen molar-refractivity contribution in [2.45, 2.75) is 6.42 Å². The van der Waals surface area contributed by atoms with Crippen molar-refractivity contribution in [3.63, 3.8) is 0 Å². The summed E-state index contributed by atoms with van der Waals surface area (Å²) in [7, 11) is 2.65. The Morgan fingerprint density at radius 3 is 2.05 bits per heavy atom. The van der Waals surface area contributed by atoms with Gasteiger partial charge in [-0.25, -0.2) is 0 Å². The quantitative estimate of drug-likeness (QED) is 0.390. The molecule has 7 heteroatoms. The molecule has 0 N–H and O–H groups in total. The van der Waals surface area contributed by atoms with E-state index < -0.39 is 13.2 Å². The van der Waals surface area contributed by atoms with E-state index in [1.54, 1.807) is 14.2 Å². The third-order valence-corrected chi connectivity index (χ3v) is 6.08. The first-order valence-electron chi connectivity index (χ1n) is 6.96. The number of carboxylic acid groups (broad SMARTS) is 1. The lowest BCUT2D eigenvalue weighted by molar-refractivity contribution is -0.305. The van der Waals surface area contributed by atoms with Crippen LogP contribution in [-0.4, -0.2) is 84.3 Å². The normalized spacial score (nSPS) is 10.9. The maximum Gasteiger partial charge on any atom is 0.0823 e. The molecular weight excluding hydrogens is 311 g/mol. The van der Waals surface area contributed by atoms with Gasteiger partial charge in [-0.1, -0.05) is 0 Å². The number of carbonyl (C=O) groups excluding carboxylic acids is 1. The van der Waals surface area contributed by atoms with Gasteiger partial charge in [0.15, 0.2) is 0 Å². The van der Waals surface area contributed by atoms with Gasteiger partial charge in [0, 0.05) is 40.8 Å². The van der Waals surface area contributed by atoms with Crippen LogP contribution in [0.5, 0.6) is 0 Å². The first-order valence-corrected chi connectivity index (χ1v) is 11.4. The zero-order chi connectivity index (χ0) is 16.6. The van der Waals surface area contributed by atoms with E-state index in [-0.39, 0.29) is 6.42 Å². The average molecular weight is 342 g/mol. The number of aliphatic carboxylic acids is 1. The number of carboxylic acids is 1. The molecule has 0 atom stereocenters. The maximum atomic E-state index is 9.63. The second-order valence-corrected chi connectivity index (χ2v) is 10.8. The predicted octanol–water partition coefficient (Wildman–Crippen LogP) is 1.06. The van der Waals surface area contributed by atoms with E-state index in [4.69, 9.17) is 14.2 Å². The lowest BCUT2D eigenvalue weighted by Crippen LogP contribution is -2.22. The molecule has 0 aliphatic carbocycles. The van der Waals surface area contributed by atoms with Crippen LogP contribution >= 0.6 is 19.0 Å². The molecule has 0 saturated heterocycles. The average Bonchev–Trinajstić information content (AvgIpc) is 2.43. The van der Waals surface area contributed by atoms with E-state index in [1.165, 1.54) is 24.1 Å². The molecule has 0 aliphatic heterocycles. The van der Waals surface area contributed by atoms with Gasteiger partial charge in [0.1, 0.15) is 0 Å². The van der Waals surface area contributed by atoms with Crippen molar-refractivity contribution in [1.29, 1.82) is 0 Å². The fourth-order valence-corrected chi connectivity index (χ4v) is 3.09. The van der Waals surface area contributed by atoms with Gasteiger partial charge in [-0.15, -0.1) is 0 Å². The third-order valence-electron chi connectivity index (χ3n) is 2.68. The first-order chi connectivity index (χ1) is 9.89. The number of hydrogen-bond acceptors (Lipinski definition) is 6. The Morgan fingerprint density at radius 2 is 1.62 bits per heavy atom. The van der Waals surface area contributed by atoms with Gasteiger partial charge in [0.05, 0.1) is 38.8 Å². The SMILES string of the molecule is COCCOCC[P+](C)(C)CCOC.CSCCC(=O)[O-]. The maximum absolute atomic E-state index is 9.63. The molecule has 21 heavy (non-hydrogen) atoms. The summed E-state index contributed by atoms with van der Waals surface area (Å²) < 4.78 is 15.4. The fraction of sp³-hybridized carbons (Fsp3) is 0.929. The van der Waals surface area contributed by atoms with Crippen molar-refractivity contribution in [3.05, 3.63) is 0 Å². The van der Waals surface area contributed by atoms with Crippen LogP contribution in [0.4, 0.5) is 0 Å². The molecule has 0 spiro atoms. The summed E-state index contributed by atoms with van der Waals surface area (Å²) in [5.74, 6) is -0.308. The standard InChI is InChI=1S/C10H24O3P.C4H8O2S/c1-11-5-6-13-8-10-14(3,4)9-7-12-2;1-7-3-2-4(5)6/h5-10H2,1-4H3;2-3H2,1H3,(H,5,6)/q+1;/p-1. The highest BCUT2D eigenvalue weighted by atomic mass is 32.2. The van der Waals surface area contributed by atoms with Crippen LogP contribution in [0.1, 0.15) is 6.42 Å². The molecule has 5 nitrogen and oxygen atoms in total. The summed E-state index contributed by atoms with van der Waals surface area (Å²) in [5, 5.41) is 9.63. The highest BCUT2D eigenvalue weighted by Gasteiger charge is 2.23. The molecular formula is C14H31O5PS. The molecule has 0 unspecified atom stereocenters. The van der Waals surface area contributed by atoms with Crippen molar-refractivity contribution in [3.8, 4) is 0 Å². The molecule has 0 rings (SSSR count). The second-order valence-electron chi connectivity index (χ2n) is 5.10. The molecule has 0 aromatic rings. The smallest absolute Gasteiger partial charge is 0.0823 e. The molecule has 128 valence electrons. The number of rotatable bonds is 12. The Morgan fingerprint density at radius 1 is 1.05 bits per heavy atom. The summed E-state index contributed by atoms with van der Waals surface area (Å²) in [6.07, 6.45) is 4.40. The summed E-state index contributed by atoms with van der Waals surface area (Å²) >= 11 is 1.51. The van der Waals surface area contributed by atoms with Gasteiger partial charge in [-0.2, -0.15) is 11.8 Å². The van der Waals surface area contributed by atoms with Gasteiger partial charge < -0.3 is 24.1 Å². The minimum absolute atomic E-state index is 0.168. The van der Waals surface area contributed by atoms with Crippen LogP contribution in [0.25, 0.3) is 0 Å². The van der Waals surface area contributed by atoms with Crippen molar-refractivity contribution >= 4 is 25.0 Å². The van der Waals surface area contributed by atoms with Crippen LogP contribution in [0.2, 0.25) is 0 Å². The van der Waals surface area contributed by atoms with Gasteiger partial charge in [0.2, 0.25) is 0 Å². The Balaban J connectivity index is 0. The monoisotopic (exact) mass is 342 g/mol. The lowest BCUT2D eigenvalue weighted by Gasteiger charge is -2.17. The predicted molar refractivity (Wildman–Crippen MR) is 91.1 cm³/mol. The largest absolute Gasteiger partial charge is 0.550 e. The summed E-state index contributed by atoms with van der Waals surface area (Å²) in [5.41, 5.74) is 0. The van der Waals surface area contributed by atoms with Gasteiger partial charge in [-0.05, 0) is 18.4 Å². The number of ether oxygens (including phenoxy) is 3. The molecule has 0 bridgehead atoms. The zero-order valence-electron chi connectivity index (χ0n) is 14.1. The topological polar surface area (TPSA) is 67.8 Å². The summed E-state index contributed by atoms with van der Waals surface area (Å²) in [4.78, 5) is 9.63. The van der Waals surface area contributed by atoms with Gasteiger partial charge >= 0.3 is 0 Å². The van der Waals surface area contributed by atoms with Crippen molar-refractivity contribution in [2.24, 2.45) is 0 Å². The molecule has 0 fully saturated rings. The van der Waals surface area contributed by atoms with Gasteiger partial charge in [0.25, 0.3) is 0 Å². The Kier molecular flexibility index (Phi) is 18.4. The van der Waals surface area contributed by atoms with Crippen LogP contribution in [0, 0.1) is 0 Å². The van der Waals surface area contributed by atoms with E-state index in [2.05, 4.69) is 13.3 Å². The van der Waals surface area contributed by atoms with Crippen LogP contribution in [0.3, 0.4) is 0 Å². The van der Waals surface area contributed by atoms with E-state index >= 15 is 0 Å². The second kappa shape index (κ2) is 16.5. The summed E-state index contributed by atoms with van der Waals surface area (Å²) in [6, 6.07) is 0. The lowest BCUT2D eigenvalue weighted by atomic mass is 10.5. The molecule has 0 aromatic carbocycles.